The summed E-state index contributed by atoms with van der Waals surface area (Å²) >= 11 is 0. The number of amides is 1. The molecular formula is C14H31N2O+. The number of carbonyl (C=O) groups excluding carboxylic acids is 1. The quantitative estimate of drug-likeness (QED) is 0.714. The van der Waals surface area contributed by atoms with Crippen LogP contribution in [0.15, 0.2) is 0 Å². The van der Waals surface area contributed by atoms with Gasteiger partial charge in [0, 0.05) is 25.9 Å². The predicted octanol–water partition coefficient (Wildman–Crippen LogP) is 1.19. The molecule has 0 aliphatic heterocycles. The molecule has 0 aliphatic carbocycles. The van der Waals surface area contributed by atoms with Gasteiger partial charge in [-0.2, -0.15) is 0 Å². The Labute approximate surface area is 107 Å². The Balaban J connectivity index is 4.73. The monoisotopic (exact) mass is 243 g/mol. The summed E-state index contributed by atoms with van der Waals surface area (Å²) in [4.78, 5) is 15.0. The van der Waals surface area contributed by atoms with Gasteiger partial charge in [0.15, 0.2) is 0 Å². The highest BCUT2D eigenvalue weighted by molar-refractivity contribution is 5.73. The summed E-state index contributed by atoms with van der Waals surface area (Å²) in [7, 11) is 6.30. The third-order valence-corrected chi connectivity index (χ3v) is 4.13. The minimum absolute atomic E-state index is 0.00394. The van der Waals surface area contributed by atoms with Gasteiger partial charge in [0.05, 0.1) is 20.6 Å². The molecule has 0 saturated heterocycles. The van der Waals surface area contributed by atoms with Gasteiger partial charge in [-0.15, -0.1) is 0 Å². The minimum atomic E-state index is -0.00394. The molecule has 0 aromatic heterocycles. The average molecular weight is 243 g/mol. The highest BCUT2D eigenvalue weighted by atomic mass is 16.2. The lowest BCUT2D eigenvalue weighted by atomic mass is 9.79. The fourth-order valence-corrected chi connectivity index (χ4v) is 2.43. The van der Waals surface area contributed by atoms with Crippen molar-refractivity contribution in [2.24, 2.45) is 5.92 Å². The normalized spacial score (nSPS) is 16.7. The second-order valence-electron chi connectivity index (χ2n) is 5.83. The van der Waals surface area contributed by atoms with Gasteiger partial charge in [0.1, 0.15) is 0 Å². The van der Waals surface area contributed by atoms with Crippen LogP contribution in [0, 0.1) is 5.92 Å². The van der Waals surface area contributed by atoms with E-state index < -0.39 is 0 Å². The van der Waals surface area contributed by atoms with E-state index in [2.05, 4.69) is 34.9 Å². The zero-order valence-electron chi connectivity index (χ0n) is 12.8. The maximum absolute atomic E-state index is 11.6. The average Bonchev–Trinajstić information content (AvgIpc) is 2.24. The summed E-state index contributed by atoms with van der Waals surface area (Å²) in [6.45, 7) is 9.52. The van der Waals surface area contributed by atoms with Crippen molar-refractivity contribution < 1.29 is 9.69 Å². The lowest BCUT2D eigenvalue weighted by Gasteiger charge is -2.43. The van der Waals surface area contributed by atoms with Crippen molar-refractivity contribution in [3.05, 3.63) is 0 Å². The van der Waals surface area contributed by atoms with Crippen LogP contribution in [0.1, 0.15) is 47.0 Å². The van der Waals surface area contributed by atoms with Crippen molar-refractivity contribution in [3.8, 4) is 0 Å². The lowest BCUT2D eigenvalue weighted by Crippen LogP contribution is -3.05. The largest absolute Gasteiger partial charge is 0.340 e. The summed E-state index contributed by atoms with van der Waals surface area (Å²) in [5.41, 5.74) is -0.00394. The summed E-state index contributed by atoms with van der Waals surface area (Å²) in [5.74, 6) is 0.705. The Hall–Kier alpha value is -0.570. The molecule has 0 saturated carbocycles. The maximum atomic E-state index is 11.6. The van der Waals surface area contributed by atoms with Crippen LogP contribution in [0.5, 0.6) is 0 Å². The molecule has 0 fully saturated rings. The zero-order valence-corrected chi connectivity index (χ0v) is 12.8. The van der Waals surface area contributed by atoms with Crippen molar-refractivity contribution >= 4 is 5.91 Å². The van der Waals surface area contributed by atoms with Crippen LogP contribution >= 0.6 is 0 Å². The first-order valence-electron chi connectivity index (χ1n) is 6.79. The number of carbonyl (C=O) groups is 1. The Morgan fingerprint density at radius 3 is 2.29 bits per heavy atom. The van der Waals surface area contributed by atoms with E-state index in [4.69, 9.17) is 0 Å². The molecule has 0 aromatic rings. The van der Waals surface area contributed by atoms with Gasteiger partial charge >= 0.3 is 0 Å². The van der Waals surface area contributed by atoms with E-state index in [1.807, 2.05) is 11.9 Å². The topological polar surface area (TPSA) is 24.8 Å². The molecule has 2 unspecified atom stereocenters. The molecule has 0 aromatic carbocycles. The Morgan fingerprint density at radius 1 is 1.41 bits per heavy atom. The summed E-state index contributed by atoms with van der Waals surface area (Å²) in [5, 5.41) is 0. The predicted molar refractivity (Wildman–Crippen MR) is 73.2 cm³/mol. The number of rotatable bonds is 7. The molecule has 102 valence electrons. The molecule has 17 heavy (non-hydrogen) atoms. The Kier molecular flexibility index (Phi) is 6.76. The Morgan fingerprint density at radius 2 is 1.94 bits per heavy atom. The van der Waals surface area contributed by atoms with Crippen LogP contribution in [0.3, 0.4) is 0 Å². The zero-order chi connectivity index (χ0) is 13.6. The van der Waals surface area contributed by atoms with E-state index in [1.54, 1.807) is 6.92 Å². The van der Waals surface area contributed by atoms with Gasteiger partial charge in [-0.3, -0.25) is 4.79 Å². The molecule has 3 heteroatoms. The SMILES string of the molecule is CCCC(C)(C(C)CC[NH+](C)C)N(C)C(C)=O. The van der Waals surface area contributed by atoms with E-state index in [1.165, 1.54) is 4.90 Å². The lowest BCUT2D eigenvalue weighted by molar-refractivity contribution is -0.859. The van der Waals surface area contributed by atoms with Crippen molar-refractivity contribution in [3.63, 3.8) is 0 Å². The molecule has 0 radical (unpaired) electrons. The standard InChI is InChI=1S/C14H30N2O/c1-8-10-14(4,16(7)13(3)17)12(2)9-11-15(5)6/h12H,8-11H2,1-7H3/p+1. The van der Waals surface area contributed by atoms with Crippen LogP contribution in [0.2, 0.25) is 0 Å². The minimum Gasteiger partial charge on any atom is -0.340 e. The molecule has 1 amide bonds. The van der Waals surface area contributed by atoms with Crippen molar-refractivity contribution in [1.82, 2.24) is 4.90 Å². The number of quaternary nitrogens is 1. The van der Waals surface area contributed by atoms with E-state index in [0.29, 0.717) is 5.92 Å². The van der Waals surface area contributed by atoms with Crippen molar-refractivity contribution in [1.29, 1.82) is 0 Å². The molecular weight excluding hydrogens is 212 g/mol. The number of nitrogens with zero attached hydrogens (tertiary/aromatic N) is 1. The van der Waals surface area contributed by atoms with E-state index in [9.17, 15) is 4.79 Å². The second kappa shape index (κ2) is 7.00. The summed E-state index contributed by atoms with van der Waals surface area (Å²) < 4.78 is 0. The number of hydrogen-bond acceptors (Lipinski definition) is 1. The van der Waals surface area contributed by atoms with Crippen molar-refractivity contribution in [2.75, 3.05) is 27.7 Å². The van der Waals surface area contributed by atoms with Crippen LogP contribution in [-0.2, 0) is 4.79 Å². The van der Waals surface area contributed by atoms with Gasteiger partial charge in [-0.05, 0) is 19.3 Å². The molecule has 0 aliphatic rings. The van der Waals surface area contributed by atoms with Crippen LogP contribution in [0.25, 0.3) is 0 Å². The van der Waals surface area contributed by atoms with Gasteiger partial charge in [-0.1, -0.05) is 20.3 Å². The highest BCUT2D eigenvalue weighted by Crippen LogP contribution is 2.30. The van der Waals surface area contributed by atoms with Crippen LogP contribution < -0.4 is 4.90 Å². The number of hydrogen-bond donors (Lipinski definition) is 1. The molecule has 0 bridgehead atoms. The second-order valence-corrected chi connectivity index (χ2v) is 5.83. The van der Waals surface area contributed by atoms with Gasteiger partial charge in [-0.25, -0.2) is 0 Å². The van der Waals surface area contributed by atoms with E-state index >= 15 is 0 Å². The van der Waals surface area contributed by atoms with Gasteiger partial charge in [0.25, 0.3) is 0 Å². The Bertz CT molecular complexity index is 240. The molecule has 1 N–H and O–H groups in total. The summed E-state index contributed by atoms with van der Waals surface area (Å²) in [6.07, 6.45) is 3.36. The van der Waals surface area contributed by atoms with E-state index in [0.717, 1.165) is 25.8 Å². The first-order chi connectivity index (χ1) is 7.75. The molecule has 2 atom stereocenters. The van der Waals surface area contributed by atoms with Crippen molar-refractivity contribution in [2.45, 2.75) is 52.5 Å². The fraction of sp³-hybridized carbons (Fsp3) is 0.929. The van der Waals surface area contributed by atoms with Gasteiger partial charge < -0.3 is 9.80 Å². The van der Waals surface area contributed by atoms with Crippen LogP contribution in [0.4, 0.5) is 0 Å². The third-order valence-electron chi connectivity index (χ3n) is 4.13. The first kappa shape index (κ1) is 16.4. The maximum Gasteiger partial charge on any atom is 0.219 e. The van der Waals surface area contributed by atoms with E-state index in [-0.39, 0.29) is 11.4 Å². The molecule has 0 rings (SSSR count). The van der Waals surface area contributed by atoms with Gasteiger partial charge in [0.2, 0.25) is 5.91 Å². The smallest absolute Gasteiger partial charge is 0.219 e. The molecule has 0 heterocycles. The third kappa shape index (κ3) is 4.66. The van der Waals surface area contributed by atoms with Crippen LogP contribution in [-0.4, -0.2) is 44.0 Å². The molecule has 3 nitrogen and oxygen atoms in total. The number of nitrogens with one attached hydrogen (secondary N) is 1. The highest BCUT2D eigenvalue weighted by Gasteiger charge is 2.35. The first-order valence-corrected chi connectivity index (χ1v) is 6.79. The fourth-order valence-electron chi connectivity index (χ4n) is 2.43. The summed E-state index contributed by atoms with van der Waals surface area (Å²) in [6, 6.07) is 0. The molecule has 0 spiro atoms.